The van der Waals surface area contributed by atoms with Gasteiger partial charge in [-0.05, 0) is 0 Å². The van der Waals surface area contributed by atoms with Crippen LogP contribution in [0.1, 0.15) is 5.56 Å². The summed E-state index contributed by atoms with van der Waals surface area (Å²) in [6.07, 6.45) is 0. The number of benzene rings is 2. The summed E-state index contributed by atoms with van der Waals surface area (Å²) in [5.41, 5.74) is 3.14. The van der Waals surface area contributed by atoms with E-state index in [1.165, 1.54) is 0 Å². The monoisotopic (exact) mass is 312 g/mol. The zero-order chi connectivity index (χ0) is 16.5. The van der Waals surface area contributed by atoms with E-state index in [0.29, 0.717) is 11.3 Å². The zero-order valence-corrected chi connectivity index (χ0v) is 12.6. The number of hydrogen-bond donors (Lipinski definition) is 1. The Balaban J connectivity index is 2.07. The molecule has 0 unspecified atom stereocenters. The Kier molecular flexibility index (Phi) is 3.22. The van der Waals surface area contributed by atoms with Crippen molar-refractivity contribution in [3.05, 3.63) is 82.6 Å². The van der Waals surface area contributed by atoms with Crippen LogP contribution in [0, 0.1) is 11.3 Å². The fourth-order valence-electron chi connectivity index (χ4n) is 2.75. The minimum Gasteiger partial charge on any atom is -0.306 e. The van der Waals surface area contributed by atoms with Crippen LogP contribution < -0.4 is 5.56 Å². The predicted octanol–water partition coefficient (Wildman–Crippen LogP) is 3.23. The number of nitrogens with one attached hydrogen (secondary N) is 1. The third-order valence-electron chi connectivity index (χ3n) is 3.86. The number of H-pyrrole nitrogens is 1. The maximum atomic E-state index is 12.3. The van der Waals surface area contributed by atoms with E-state index in [4.69, 9.17) is 0 Å². The Labute approximate surface area is 137 Å². The second-order valence-electron chi connectivity index (χ2n) is 5.35. The van der Waals surface area contributed by atoms with Gasteiger partial charge in [0.15, 0.2) is 0 Å². The molecule has 0 aliphatic carbocycles. The summed E-state index contributed by atoms with van der Waals surface area (Å²) < 4.78 is 1.62. The van der Waals surface area contributed by atoms with Crippen molar-refractivity contribution in [1.82, 2.24) is 14.6 Å². The van der Waals surface area contributed by atoms with E-state index in [9.17, 15) is 10.1 Å². The second kappa shape index (κ2) is 5.52. The minimum absolute atomic E-state index is 0.0522. The highest BCUT2D eigenvalue weighted by Gasteiger charge is 2.16. The molecule has 114 valence electrons. The van der Waals surface area contributed by atoms with Crippen molar-refractivity contribution >= 4 is 5.65 Å². The smallest absolute Gasteiger partial charge is 0.269 e. The number of rotatable bonds is 2. The molecule has 2 aromatic carbocycles. The summed E-state index contributed by atoms with van der Waals surface area (Å²) in [7, 11) is 0. The molecule has 2 heterocycles. The van der Waals surface area contributed by atoms with Crippen LogP contribution in [-0.2, 0) is 0 Å². The third-order valence-corrected chi connectivity index (χ3v) is 3.86. The highest BCUT2D eigenvalue weighted by atomic mass is 16.1. The largest absolute Gasteiger partial charge is 0.306 e. The lowest BCUT2D eigenvalue weighted by molar-refractivity contribution is 0.938. The first kappa shape index (κ1) is 14.0. The Morgan fingerprint density at radius 3 is 2.21 bits per heavy atom. The maximum absolute atomic E-state index is 12.3. The number of aromatic amines is 1. The second-order valence-corrected chi connectivity index (χ2v) is 5.35. The van der Waals surface area contributed by atoms with Crippen LogP contribution in [0.5, 0.6) is 0 Å². The highest BCUT2D eigenvalue weighted by molar-refractivity contribution is 5.72. The molecule has 5 nitrogen and oxygen atoms in total. The molecule has 5 heteroatoms. The third kappa shape index (κ3) is 2.18. The first-order valence-electron chi connectivity index (χ1n) is 7.45. The molecule has 0 atom stereocenters. The number of hydrogen-bond acceptors (Lipinski definition) is 3. The first-order valence-corrected chi connectivity index (χ1v) is 7.45. The molecular formula is C19H12N4O. The van der Waals surface area contributed by atoms with E-state index in [2.05, 4.69) is 10.1 Å². The van der Waals surface area contributed by atoms with Gasteiger partial charge in [0.2, 0.25) is 0 Å². The zero-order valence-electron chi connectivity index (χ0n) is 12.6. The molecule has 4 rings (SSSR count). The van der Waals surface area contributed by atoms with Gasteiger partial charge in [0.1, 0.15) is 17.3 Å². The number of nitriles is 1. The van der Waals surface area contributed by atoms with Crippen molar-refractivity contribution in [3.8, 4) is 28.6 Å². The molecule has 0 bridgehead atoms. The highest BCUT2D eigenvalue weighted by Crippen LogP contribution is 2.25. The summed E-state index contributed by atoms with van der Waals surface area (Å²) in [5.74, 6) is 0. The van der Waals surface area contributed by atoms with Gasteiger partial charge in [-0.2, -0.15) is 10.4 Å². The molecule has 4 aromatic rings. The number of nitrogens with zero attached hydrogens (tertiary/aromatic N) is 3. The van der Waals surface area contributed by atoms with Crippen LogP contribution in [0.25, 0.3) is 28.2 Å². The average molecular weight is 312 g/mol. The lowest BCUT2D eigenvalue weighted by Crippen LogP contribution is -2.15. The van der Waals surface area contributed by atoms with E-state index in [1.54, 1.807) is 4.52 Å². The molecule has 1 N–H and O–H groups in total. The molecule has 2 aromatic heterocycles. The summed E-state index contributed by atoms with van der Waals surface area (Å²) >= 11 is 0. The van der Waals surface area contributed by atoms with Crippen LogP contribution >= 0.6 is 0 Å². The molecule has 0 saturated carbocycles. The predicted molar refractivity (Wildman–Crippen MR) is 91.4 cm³/mol. The fraction of sp³-hybridized carbons (Fsp3) is 0. The van der Waals surface area contributed by atoms with Gasteiger partial charge in [-0.3, -0.25) is 4.79 Å². The van der Waals surface area contributed by atoms with E-state index in [1.807, 2.05) is 72.8 Å². The molecule has 0 aliphatic rings. The lowest BCUT2D eigenvalue weighted by Gasteiger charge is -2.06. The number of aromatic nitrogens is 3. The summed E-state index contributed by atoms with van der Waals surface area (Å²) in [5, 5.41) is 14.0. The quantitative estimate of drug-likeness (QED) is 0.617. The Hall–Kier alpha value is -3.65. The normalized spacial score (nSPS) is 10.6. The molecule has 0 aliphatic heterocycles. The summed E-state index contributed by atoms with van der Waals surface area (Å²) in [6.45, 7) is 0. The van der Waals surface area contributed by atoms with E-state index in [0.717, 1.165) is 16.8 Å². The Bertz CT molecular complexity index is 1120. The SMILES string of the molecule is N#Cc1c(-c2ccccc2)n2nc(-c3ccccc3)cc2[nH]c1=O. The van der Waals surface area contributed by atoms with E-state index < -0.39 is 5.56 Å². The topological polar surface area (TPSA) is 74.0 Å². The molecule has 0 radical (unpaired) electrons. The first-order chi connectivity index (χ1) is 11.8. The van der Waals surface area contributed by atoms with Crippen LogP contribution in [0.4, 0.5) is 0 Å². The van der Waals surface area contributed by atoms with Crippen LogP contribution in [-0.4, -0.2) is 14.6 Å². The van der Waals surface area contributed by atoms with Gasteiger partial charge in [-0.1, -0.05) is 60.7 Å². The molecule has 0 fully saturated rings. The Morgan fingerprint density at radius 2 is 1.58 bits per heavy atom. The van der Waals surface area contributed by atoms with Gasteiger partial charge >= 0.3 is 0 Å². The summed E-state index contributed by atoms with van der Waals surface area (Å²) in [6, 6.07) is 22.8. The van der Waals surface area contributed by atoms with Crippen LogP contribution in [0.15, 0.2) is 71.5 Å². The molecule has 0 saturated heterocycles. The van der Waals surface area contributed by atoms with Crippen molar-refractivity contribution in [3.63, 3.8) is 0 Å². The van der Waals surface area contributed by atoms with E-state index >= 15 is 0 Å². The van der Waals surface area contributed by atoms with Crippen LogP contribution in [0.2, 0.25) is 0 Å². The van der Waals surface area contributed by atoms with Gasteiger partial charge in [0, 0.05) is 17.2 Å². The van der Waals surface area contributed by atoms with Crippen molar-refractivity contribution in [2.45, 2.75) is 0 Å². The standard InChI is InChI=1S/C19H12N4O/c20-12-15-18(14-9-5-2-6-10-14)23-17(21-19(15)24)11-16(22-23)13-7-3-1-4-8-13/h1-11H,(H,21,24). The van der Waals surface area contributed by atoms with Gasteiger partial charge in [-0.15, -0.1) is 0 Å². The van der Waals surface area contributed by atoms with E-state index in [-0.39, 0.29) is 5.56 Å². The van der Waals surface area contributed by atoms with Crippen LogP contribution in [0.3, 0.4) is 0 Å². The fourth-order valence-corrected chi connectivity index (χ4v) is 2.75. The Morgan fingerprint density at radius 1 is 0.958 bits per heavy atom. The molecule has 0 spiro atoms. The molecular weight excluding hydrogens is 300 g/mol. The van der Waals surface area contributed by atoms with Crippen molar-refractivity contribution in [1.29, 1.82) is 5.26 Å². The van der Waals surface area contributed by atoms with Gasteiger partial charge < -0.3 is 4.98 Å². The minimum atomic E-state index is -0.414. The summed E-state index contributed by atoms with van der Waals surface area (Å²) in [4.78, 5) is 15.0. The van der Waals surface area contributed by atoms with Crippen molar-refractivity contribution in [2.75, 3.05) is 0 Å². The number of fused-ring (bicyclic) bond motifs is 1. The molecule has 0 amide bonds. The lowest BCUT2D eigenvalue weighted by atomic mass is 10.1. The average Bonchev–Trinajstić information content (AvgIpc) is 3.05. The maximum Gasteiger partial charge on any atom is 0.269 e. The van der Waals surface area contributed by atoms with Crippen molar-refractivity contribution < 1.29 is 0 Å². The van der Waals surface area contributed by atoms with Gasteiger partial charge in [-0.25, -0.2) is 4.52 Å². The molecule has 24 heavy (non-hydrogen) atoms. The van der Waals surface area contributed by atoms with Crippen molar-refractivity contribution in [2.24, 2.45) is 0 Å². The van der Waals surface area contributed by atoms with Gasteiger partial charge in [0.25, 0.3) is 5.56 Å². The van der Waals surface area contributed by atoms with Gasteiger partial charge in [0.05, 0.1) is 11.4 Å².